The predicted molar refractivity (Wildman–Crippen MR) is 227 cm³/mol. The number of terminal acetylenes is 1. The first-order valence-electron chi connectivity index (χ1n) is 18.8. The summed E-state index contributed by atoms with van der Waals surface area (Å²) in [6.07, 6.45) is 13.5. The Morgan fingerprint density at radius 3 is 1.94 bits per heavy atom. The summed E-state index contributed by atoms with van der Waals surface area (Å²) in [5.74, 6) is 4.04. The number of hydrogen-bond acceptors (Lipinski definition) is 1. The van der Waals surface area contributed by atoms with E-state index >= 15 is 0 Å². The zero-order valence-corrected chi connectivity index (χ0v) is 30.2. The number of allylic oxidation sites excluding steroid dienone is 3. The molecule has 0 radical (unpaired) electrons. The molecule has 0 bridgehead atoms. The fraction of sp³-hybridized carbons (Fsp3) is 0.100. The second-order valence-corrected chi connectivity index (χ2v) is 14.2. The fourth-order valence-corrected chi connectivity index (χ4v) is 8.73. The van der Waals surface area contributed by atoms with Crippen molar-refractivity contribution in [1.82, 2.24) is 18.7 Å². The van der Waals surface area contributed by atoms with Gasteiger partial charge in [-0.2, -0.15) is 0 Å². The Labute approximate surface area is 314 Å². The molecule has 1 atom stereocenters. The lowest BCUT2D eigenvalue weighted by Gasteiger charge is -2.19. The number of benzene rings is 6. The van der Waals surface area contributed by atoms with Gasteiger partial charge < -0.3 is 13.7 Å². The summed E-state index contributed by atoms with van der Waals surface area (Å²) in [4.78, 5) is 5.36. The number of rotatable bonds is 7. The molecule has 4 nitrogen and oxygen atoms in total. The summed E-state index contributed by atoms with van der Waals surface area (Å²) in [6, 6.07) is 53.8. The number of nitrogens with zero attached hydrogens (tertiary/aromatic N) is 4. The van der Waals surface area contributed by atoms with Gasteiger partial charge in [-0.3, -0.25) is 0 Å². The lowest BCUT2D eigenvalue weighted by molar-refractivity contribution is 0.857. The number of aromatic nitrogens is 4. The summed E-state index contributed by atoms with van der Waals surface area (Å²) >= 11 is 0. The molecule has 0 saturated heterocycles. The van der Waals surface area contributed by atoms with Gasteiger partial charge >= 0.3 is 0 Å². The lowest BCUT2D eigenvalue weighted by atomic mass is 9.92. The smallest absolute Gasteiger partial charge is 0.145 e. The minimum absolute atomic E-state index is 0.111. The minimum Gasteiger partial charge on any atom is -0.313 e. The van der Waals surface area contributed by atoms with Crippen LogP contribution in [0, 0.1) is 12.3 Å². The van der Waals surface area contributed by atoms with Crippen molar-refractivity contribution in [2.24, 2.45) is 0 Å². The predicted octanol–water partition coefficient (Wildman–Crippen LogP) is 12.4. The Balaban J connectivity index is 1.08. The van der Waals surface area contributed by atoms with Gasteiger partial charge in [0.1, 0.15) is 5.82 Å². The van der Waals surface area contributed by atoms with E-state index in [9.17, 15) is 0 Å². The Bertz CT molecular complexity index is 2930. The minimum atomic E-state index is -0.111. The van der Waals surface area contributed by atoms with Crippen LogP contribution in [0.3, 0.4) is 0 Å². The number of hydrogen-bond donors (Lipinski definition) is 0. The van der Waals surface area contributed by atoms with Gasteiger partial charge in [-0.05, 0) is 74.2 Å². The van der Waals surface area contributed by atoms with Crippen molar-refractivity contribution in [3.05, 3.63) is 175 Å². The molecule has 0 amide bonds. The third-order valence-electron chi connectivity index (χ3n) is 11.1. The van der Waals surface area contributed by atoms with Gasteiger partial charge in [0.15, 0.2) is 0 Å². The van der Waals surface area contributed by atoms with Gasteiger partial charge in [0.05, 0.1) is 33.5 Å². The molecule has 54 heavy (non-hydrogen) atoms. The van der Waals surface area contributed by atoms with Gasteiger partial charge in [-0.1, -0.05) is 127 Å². The molecular weight excluding hydrogens is 657 g/mol. The molecule has 1 aliphatic carbocycles. The molecule has 0 spiro atoms. The maximum atomic E-state index is 6.42. The van der Waals surface area contributed by atoms with Gasteiger partial charge in [0.2, 0.25) is 0 Å². The molecule has 1 aliphatic rings. The van der Waals surface area contributed by atoms with E-state index in [1.165, 1.54) is 60.6 Å². The second kappa shape index (κ2) is 13.0. The highest BCUT2D eigenvalue weighted by Crippen LogP contribution is 2.40. The quantitative estimate of drug-likeness (QED) is 0.153. The van der Waals surface area contributed by atoms with Crippen molar-refractivity contribution < 1.29 is 0 Å². The highest BCUT2D eigenvalue weighted by molar-refractivity contribution is 6.12. The maximum Gasteiger partial charge on any atom is 0.145 e. The fourth-order valence-electron chi connectivity index (χ4n) is 8.73. The molecule has 9 aromatic rings. The molecule has 10 rings (SSSR count). The van der Waals surface area contributed by atoms with Crippen LogP contribution in [0.4, 0.5) is 0 Å². The van der Waals surface area contributed by atoms with Crippen molar-refractivity contribution in [1.29, 1.82) is 0 Å². The first kappa shape index (κ1) is 31.9. The Morgan fingerprint density at radius 2 is 1.26 bits per heavy atom. The van der Waals surface area contributed by atoms with Crippen LogP contribution in [-0.2, 0) is 6.42 Å². The molecule has 0 saturated carbocycles. The van der Waals surface area contributed by atoms with Gasteiger partial charge in [0, 0.05) is 50.1 Å². The molecule has 4 heteroatoms. The van der Waals surface area contributed by atoms with Crippen molar-refractivity contribution in [2.75, 3.05) is 0 Å². The van der Waals surface area contributed by atoms with E-state index in [4.69, 9.17) is 11.4 Å². The van der Waals surface area contributed by atoms with E-state index in [0.29, 0.717) is 6.42 Å². The Kier molecular flexibility index (Phi) is 7.66. The molecule has 258 valence electrons. The lowest BCUT2D eigenvalue weighted by Crippen LogP contribution is -2.09. The summed E-state index contributed by atoms with van der Waals surface area (Å²) in [5.41, 5.74) is 12.9. The number of para-hydroxylation sites is 4. The molecule has 0 fully saturated rings. The number of fused-ring (bicyclic) bond motifs is 7. The molecular formula is C50H38N4. The van der Waals surface area contributed by atoms with Crippen LogP contribution in [0.15, 0.2) is 158 Å². The standard InChI is InChI=1S/C50H38N4/c1-3-35(39-24-16-28-48-49(39)42-23-12-15-27-46(42)53(48)37-19-8-5-9-20-37)30-29-34(2)52-47-32-31-38(33-43(47)51-50(52)36-17-6-4-7-18-36)54-44-25-13-10-21-40(44)41-22-11-14-26-45(41)54/h1,4-29,33,35H,30-32H2,2H3/b34-29+. The molecule has 1 unspecified atom stereocenters. The first-order chi connectivity index (χ1) is 26.7. The highest BCUT2D eigenvalue weighted by atomic mass is 15.1. The van der Waals surface area contributed by atoms with Crippen LogP contribution in [0.1, 0.15) is 42.6 Å². The van der Waals surface area contributed by atoms with Crippen LogP contribution in [0.5, 0.6) is 0 Å². The summed E-state index contributed by atoms with van der Waals surface area (Å²) < 4.78 is 7.16. The molecule has 3 heterocycles. The monoisotopic (exact) mass is 694 g/mol. The van der Waals surface area contributed by atoms with E-state index < -0.39 is 0 Å². The summed E-state index contributed by atoms with van der Waals surface area (Å²) in [5, 5.41) is 4.99. The molecule has 3 aromatic heterocycles. The van der Waals surface area contributed by atoms with E-state index in [1.807, 2.05) is 0 Å². The van der Waals surface area contributed by atoms with Gasteiger partial charge in [-0.15, -0.1) is 6.42 Å². The van der Waals surface area contributed by atoms with E-state index in [2.05, 4.69) is 190 Å². The molecule has 0 N–H and O–H groups in total. The Hall–Kier alpha value is -6.83. The van der Waals surface area contributed by atoms with Gasteiger partial charge in [0.25, 0.3) is 0 Å². The van der Waals surface area contributed by atoms with Crippen molar-refractivity contribution in [3.63, 3.8) is 0 Å². The zero-order chi connectivity index (χ0) is 36.2. The summed E-state index contributed by atoms with van der Waals surface area (Å²) in [7, 11) is 0. The third-order valence-corrected chi connectivity index (χ3v) is 11.1. The average Bonchev–Trinajstić information content (AvgIpc) is 3.90. The maximum absolute atomic E-state index is 6.42. The third kappa shape index (κ3) is 5.04. The van der Waals surface area contributed by atoms with E-state index in [1.54, 1.807) is 0 Å². The van der Waals surface area contributed by atoms with Crippen molar-refractivity contribution >= 4 is 61.1 Å². The largest absolute Gasteiger partial charge is 0.313 e. The highest BCUT2D eigenvalue weighted by Gasteiger charge is 2.25. The van der Waals surface area contributed by atoms with Crippen molar-refractivity contribution in [2.45, 2.75) is 32.1 Å². The Morgan fingerprint density at radius 1 is 0.667 bits per heavy atom. The normalized spacial score (nSPS) is 13.7. The zero-order valence-electron chi connectivity index (χ0n) is 30.2. The van der Waals surface area contributed by atoms with Crippen LogP contribution in [-0.4, -0.2) is 18.7 Å². The molecule has 6 aromatic carbocycles. The molecule has 0 aliphatic heterocycles. The number of imidazole rings is 1. The van der Waals surface area contributed by atoms with Crippen LogP contribution >= 0.6 is 0 Å². The topological polar surface area (TPSA) is 27.7 Å². The SMILES string of the molecule is C#CC(C/C=C(\C)n1c(-c2ccccc2)nc2c1CCC(n1c3ccccc3c3ccccc31)=C2)c1cccc2c1c1ccccc1n2-c1ccccc1. The first-order valence-corrected chi connectivity index (χ1v) is 18.8. The van der Waals surface area contributed by atoms with E-state index in [0.717, 1.165) is 41.3 Å². The summed E-state index contributed by atoms with van der Waals surface area (Å²) in [6.45, 7) is 2.20. The second-order valence-electron chi connectivity index (χ2n) is 14.2. The average molecular weight is 695 g/mol. The van der Waals surface area contributed by atoms with Crippen LogP contribution < -0.4 is 0 Å². The van der Waals surface area contributed by atoms with E-state index in [-0.39, 0.29) is 5.92 Å². The van der Waals surface area contributed by atoms with Crippen molar-refractivity contribution in [3.8, 4) is 29.4 Å². The van der Waals surface area contributed by atoms with Gasteiger partial charge in [-0.25, -0.2) is 4.98 Å². The van der Waals surface area contributed by atoms with Crippen LogP contribution in [0.2, 0.25) is 0 Å². The van der Waals surface area contributed by atoms with Crippen LogP contribution in [0.25, 0.3) is 78.2 Å².